The van der Waals surface area contributed by atoms with Gasteiger partial charge < -0.3 is 9.47 Å². The van der Waals surface area contributed by atoms with E-state index in [1.54, 1.807) is 0 Å². The molecule has 0 aromatic heterocycles. The van der Waals surface area contributed by atoms with Gasteiger partial charge in [0.25, 0.3) is 11.8 Å². The van der Waals surface area contributed by atoms with E-state index in [4.69, 9.17) is 9.47 Å². The van der Waals surface area contributed by atoms with Crippen molar-refractivity contribution in [1.82, 2.24) is 4.90 Å². The highest BCUT2D eigenvalue weighted by atomic mass is 16.5. The lowest BCUT2D eigenvalue weighted by Gasteiger charge is -2.17. The van der Waals surface area contributed by atoms with Gasteiger partial charge in [0.2, 0.25) is 0 Å². The Morgan fingerprint density at radius 2 is 1.47 bits per heavy atom. The lowest BCUT2D eigenvalue weighted by molar-refractivity contribution is -0.137. The number of carbonyl (C=O) groups excluding carboxylic acids is 2. The van der Waals surface area contributed by atoms with Gasteiger partial charge in [-0.1, -0.05) is 20.8 Å². The smallest absolute Gasteiger partial charge is 0.253 e. The van der Waals surface area contributed by atoms with Gasteiger partial charge in [0, 0.05) is 18.8 Å². The Hall–Kier alpha value is -1.20. The highest BCUT2D eigenvalue weighted by Crippen LogP contribution is 2.17. The summed E-state index contributed by atoms with van der Waals surface area (Å²) in [6.07, 6.45) is 3.56. The van der Waals surface area contributed by atoms with Crippen LogP contribution in [-0.2, 0) is 19.1 Å². The van der Waals surface area contributed by atoms with Crippen LogP contribution in [0.2, 0.25) is 0 Å². The number of imide groups is 1. The van der Waals surface area contributed by atoms with Crippen LogP contribution in [-0.4, -0.2) is 49.7 Å². The van der Waals surface area contributed by atoms with Crippen LogP contribution in [0.15, 0.2) is 12.2 Å². The predicted molar refractivity (Wildman–Crippen MR) is 71.6 cm³/mol. The zero-order valence-corrected chi connectivity index (χ0v) is 12.0. The molecule has 0 aliphatic carbocycles. The Morgan fingerprint density at radius 3 is 2.00 bits per heavy atom. The average Bonchev–Trinajstić information content (AvgIpc) is 2.62. The Kier molecular flexibility index (Phi) is 6.18. The van der Waals surface area contributed by atoms with E-state index in [2.05, 4.69) is 20.8 Å². The number of hydrogen-bond acceptors (Lipinski definition) is 4. The highest BCUT2D eigenvalue weighted by Gasteiger charge is 2.22. The molecule has 0 saturated carbocycles. The molecule has 0 aromatic rings. The quantitative estimate of drug-likeness (QED) is 0.493. The first-order valence-electron chi connectivity index (χ1n) is 6.59. The molecule has 0 fully saturated rings. The summed E-state index contributed by atoms with van der Waals surface area (Å²) in [4.78, 5) is 23.6. The summed E-state index contributed by atoms with van der Waals surface area (Å²) >= 11 is 0. The van der Waals surface area contributed by atoms with Gasteiger partial charge in [-0.25, -0.2) is 0 Å². The average molecular weight is 269 g/mol. The van der Waals surface area contributed by atoms with Crippen molar-refractivity contribution in [2.45, 2.75) is 27.2 Å². The number of hydrogen-bond donors (Lipinski definition) is 0. The van der Waals surface area contributed by atoms with Crippen LogP contribution in [0.1, 0.15) is 27.2 Å². The van der Waals surface area contributed by atoms with Crippen LogP contribution in [0.4, 0.5) is 0 Å². The van der Waals surface area contributed by atoms with Crippen LogP contribution in [0.25, 0.3) is 0 Å². The second-order valence-corrected chi connectivity index (χ2v) is 5.70. The normalized spacial score (nSPS) is 15.6. The summed E-state index contributed by atoms with van der Waals surface area (Å²) in [7, 11) is 0. The number of carbonyl (C=O) groups is 2. The van der Waals surface area contributed by atoms with Crippen molar-refractivity contribution in [1.29, 1.82) is 0 Å². The van der Waals surface area contributed by atoms with Crippen molar-refractivity contribution in [2.24, 2.45) is 5.41 Å². The summed E-state index contributed by atoms with van der Waals surface area (Å²) in [5, 5.41) is 0. The fraction of sp³-hybridized carbons (Fsp3) is 0.714. The van der Waals surface area contributed by atoms with Crippen LogP contribution >= 0.6 is 0 Å². The largest absolute Gasteiger partial charge is 0.379 e. The van der Waals surface area contributed by atoms with Gasteiger partial charge in [-0.2, -0.15) is 0 Å². The molecule has 0 spiro atoms. The third kappa shape index (κ3) is 6.50. The monoisotopic (exact) mass is 269 g/mol. The SMILES string of the molecule is CC(C)(C)CCOCCOCCN1C(=O)C=CC1=O. The first-order chi connectivity index (χ1) is 8.90. The molecule has 0 atom stereocenters. The number of nitrogens with zero attached hydrogens (tertiary/aromatic N) is 1. The Balaban J connectivity index is 1.95. The van der Waals surface area contributed by atoms with Gasteiger partial charge in [-0.15, -0.1) is 0 Å². The molecule has 1 aliphatic rings. The van der Waals surface area contributed by atoms with Gasteiger partial charge in [0.05, 0.1) is 26.4 Å². The van der Waals surface area contributed by atoms with Crippen LogP contribution in [0, 0.1) is 5.41 Å². The lowest BCUT2D eigenvalue weighted by atomic mass is 9.93. The van der Waals surface area contributed by atoms with Gasteiger partial charge in [0.1, 0.15) is 0 Å². The van der Waals surface area contributed by atoms with Crippen LogP contribution in [0.3, 0.4) is 0 Å². The van der Waals surface area contributed by atoms with E-state index in [-0.39, 0.29) is 17.2 Å². The van der Waals surface area contributed by atoms with Crippen molar-refractivity contribution < 1.29 is 19.1 Å². The Labute approximate surface area is 114 Å². The first-order valence-corrected chi connectivity index (χ1v) is 6.59. The van der Waals surface area contributed by atoms with E-state index in [1.807, 2.05) is 0 Å². The molecule has 5 heteroatoms. The molecule has 0 N–H and O–H groups in total. The molecule has 1 aliphatic heterocycles. The third-order valence-electron chi connectivity index (χ3n) is 2.73. The first kappa shape index (κ1) is 15.9. The maximum atomic E-state index is 11.2. The maximum absolute atomic E-state index is 11.2. The molecule has 0 aromatic carbocycles. The number of ether oxygens (including phenoxy) is 2. The summed E-state index contributed by atoms with van der Waals surface area (Å²) < 4.78 is 10.8. The van der Waals surface area contributed by atoms with Crippen molar-refractivity contribution >= 4 is 11.8 Å². The molecular formula is C14H23NO4. The molecule has 1 heterocycles. The minimum absolute atomic E-state index is 0.268. The third-order valence-corrected chi connectivity index (χ3v) is 2.73. The standard InChI is InChI=1S/C14H23NO4/c1-14(2,3)6-8-18-10-11-19-9-7-15-12(16)4-5-13(15)17/h4-5H,6-11H2,1-3H3. The highest BCUT2D eigenvalue weighted by molar-refractivity contribution is 6.12. The number of rotatable bonds is 8. The van der Waals surface area contributed by atoms with Gasteiger partial charge in [-0.3, -0.25) is 14.5 Å². The fourth-order valence-corrected chi connectivity index (χ4v) is 1.51. The predicted octanol–water partition coefficient (Wildman–Crippen LogP) is 1.38. The molecule has 108 valence electrons. The maximum Gasteiger partial charge on any atom is 0.253 e. The zero-order valence-electron chi connectivity index (χ0n) is 12.0. The molecule has 0 unspecified atom stereocenters. The molecule has 5 nitrogen and oxygen atoms in total. The zero-order chi connectivity index (χ0) is 14.3. The van der Waals surface area contributed by atoms with E-state index in [0.29, 0.717) is 26.4 Å². The minimum Gasteiger partial charge on any atom is -0.379 e. The summed E-state index contributed by atoms with van der Waals surface area (Å²) in [6.45, 7) is 8.90. The molecule has 1 rings (SSSR count). The summed E-state index contributed by atoms with van der Waals surface area (Å²) in [5.41, 5.74) is 0.282. The molecular weight excluding hydrogens is 246 g/mol. The molecule has 19 heavy (non-hydrogen) atoms. The molecule has 2 amide bonds. The Morgan fingerprint density at radius 1 is 0.947 bits per heavy atom. The van der Waals surface area contributed by atoms with Gasteiger partial charge >= 0.3 is 0 Å². The second-order valence-electron chi connectivity index (χ2n) is 5.70. The van der Waals surface area contributed by atoms with Crippen molar-refractivity contribution in [2.75, 3.05) is 33.0 Å². The van der Waals surface area contributed by atoms with Gasteiger partial charge in [-0.05, 0) is 11.8 Å². The van der Waals surface area contributed by atoms with Crippen LogP contribution < -0.4 is 0 Å². The van der Waals surface area contributed by atoms with E-state index in [0.717, 1.165) is 13.0 Å². The molecule has 0 saturated heterocycles. The van der Waals surface area contributed by atoms with E-state index >= 15 is 0 Å². The van der Waals surface area contributed by atoms with Gasteiger partial charge in [0.15, 0.2) is 0 Å². The molecule has 0 bridgehead atoms. The van der Waals surface area contributed by atoms with Crippen LogP contribution in [0.5, 0.6) is 0 Å². The van der Waals surface area contributed by atoms with E-state index in [1.165, 1.54) is 17.1 Å². The fourth-order valence-electron chi connectivity index (χ4n) is 1.51. The Bertz CT molecular complexity index is 326. The summed E-state index contributed by atoms with van der Waals surface area (Å²) in [6, 6.07) is 0. The van der Waals surface area contributed by atoms with E-state index in [9.17, 15) is 9.59 Å². The lowest BCUT2D eigenvalue weighted by Crippen LogP contribution is -2.33. The second kappa shape index (κ2) is 7.40. The topological polar surface area (TPSA) is 55.8 Å². The van der Waals surface area contributed by atoms with Crippen molar-refractivity contribution in [3.05, 3.63) is 12.2 Å². The minimum atomic E-state index is -0.268. The molecule has 0 radical (unpaired) electrons. The van der Waals surface area contributed by atoms with E-state index < -0.39 is 0 Å². The summed E-state index contributed by atoms with van der Waals surface area (Å²) in [5.74, 6) is -0.537. The van der Waals surface area contributed by atoms with Crippen molar-refractivity contribution in [3.63, 3.8) is 0 Å². The number of amides is 2. The van der Waals surface area contributed by atoms with Crippen molar-refractivity contribution in [3.8, 4) is 0 Å².